The number of benzene rings is 2. The van der Waals surface area contributed by atoms with Crippen molar-refractivity contribution in [2.24, 2.45) is 0 Å². The molecular formula is C18H20O3. The number of esters is 1. The fourth-order valence-electron chi connectivity index (χ4n) is 2.05. The van der Waals surface area contributed by atoms with Gasteiger partial charge in [0.25, 0.3) is 0 Å². The van der Waals surface area contributed by atoms with Crippen molar-refractivity contribution in [1.29, 1.82) is 0 Å². The van der Waals surface area contributed by atoms with E-state index >= 15 is 0 Å². The van der Waals surface area contributed by atoms with E-state index < -0.39 is 0 Å². The fourth-order valence-corrected chi connectivity index (χ4v) is 2.05. The van der Waals surface area contributed by atoms with Gasteiger partial charge in [-0.15, -0.1) is 0 Å². The zero-order chi connectivity index (χ0) is 14.9. The van der Waals surface area contributed by atoms with E-state index in [2.05, 4.69) is 12.1 Å². The maximum absolute atomic E-state index is 11.9. The summed E-state index contributed by atoms with van der Waals surface area (Å²) in [5.74, 6) is 0.390. The molecule has 3 heteroatoms. The maximum atomic E-state index is 11.9. The van der Waals surface area contributed by atoms with Gasteiger partial charge in [0.1, 0.15) is 5.75 Å². The molecule has 0 amide bonds. The highest BCUT2D eigenvalue weighted by atomic mass is 16.5. The fraction of sp³-hybridized carbons (Fsp3) is 0.278. The van der Waals surface area contributed by atoms with Gasteiger partial charge in [-0.2, -0.15) is 0 Å². The van der Waals surface area contributed by atoms with Gasteiger partial charge in [-0.1, -0.05) is 36.4 Å². The van der Waals surface area contributed by atoms with Gasteiger partial charge >= 0.3 is 5.97 Å². The molecule has 0 heterocycles. The summed E-state index contributed by atoms with van der Waals surface area (Å²) in [5.41, 5.74) is 1.78. The molecule has 0 bridgehead atoms. The van der Waals surface area contributed by atoms with Gasteiger partial charge in [0.2, 0.25) is 0 Å². The van der Waals surface area contributed by atoms with Crippen LogP contribution in [-0.4, -0.2) is 19.2 Å². The lowest BCUT2D eigenvalue weighted by Gasteiger charge is -2.07. The quantitative estimate of drug-likeness (QED) is 0.572. The van der Waals surface area contributed by atoms with Gasteiger partial charge in [0.15, 0.2) is 0 Å². The van der Waals surface area contributed by atoms with E-state index in [1.807, 2.05) is 31.2 Å². The Morgan fingerprint density at radius 1 is 1.05 bits per heavy atom. The molecule has 2 aromatic carbocycles. The standard InChI is InChI=1S/C18H20O3/c1-2-20-17-12-6-11-16(14-17)18(19)21-13-7-10-15-8-4-3-5-9-15/h3-6,8-9,11-12,14H,2,7,10,13H2,1H3. The van der Waals surface area contributed by atoms with Crippen LogP contribution in [-0.2, 0) is 11.2 Å². The number of carbonyl (C=O) groups excluding carboxylic acids is 1. The highest BCUT2D eigenvalue weighted by Gasteiger charge is 2.07. The Balaban J connectivity index is 1.78. The van der Waals surface area contributed by atoms with Crippen LogP contribution in [0.3, 0.4) is 0 Å². The van der Waals surface area contributed by atoms with Crippen LogP contribution in [0.25, 0.3) is 0 Å². The van der Waals surface area contributed by atoms with Crippen molar-refractivity contribution < 1.29 is 14.3 Å². The Morgan fingerprint density at radius 3 is 2.62 bits per heavy atom. The lowest BCUT2D eigenvalue weighted by atomic mass is 10.1. The van der Waals surface area contributed by atoms with Gasteiger partial charge in [0.05, 0.1) is 18.8 Å². The maximum Gasteiger partial charge on any atom is 0.338 e. The van der Waals surface area contributed by atoms with E-state index in [-0.39, 0.29) is 5.97 Å². The predicted octanol–water partition coefficient (Wildman–Crippen LogP) is 3.87. The molecule has 0 aliphatic heterocycles. The van der Waals surface area contributed by atoms with Gasteiger partial charge in [-0.05, 0) is 43.5 Å². The zero-order valence-corrected chi connectivity index (χ0v) is 12.2. The van der Waals surface area contributed by atoms with Crippen LogP contribution in [0.5, 0.6) is 5.75 Å². The van der Waals surface area contributed by atoms with Crippen LogP contribution >= 0.6 is 0 Å². The number of carbonyl (C=O) groups is 1. The molecule has 0 aromatic heterocycles. The first-order valence-electron chi connectivity index (χ1n) is 7.23. The first kappa shape index (κ1) is 15.1. The molecule has 0 aliphatic rings. The average molecular weight is 284 g/mol. The van der Waals surface area contributed by atoms with E-state index in [4.69, 9.17) is 9.47 Å². The second-order valence-corrected chi connectivity index (χ2v) is 4.69. The summed E-state index contributed by atoms with van der Waals surface area (Å²) in [5, 5.41) is 0. The van der Waals surface area contributed by atoms with E-state index in [0.717, 1.165) is 12.8 Å². The summed E-state index contributed by atoms with van der Waals surface area (Å²) in [4.78, 5) is 11.9. The minimum atomic E-state index is -0.301. The predicted molar refractivity (Wildman–Crippen MR) is 82.7 cm³/mol. The van der Waals surface area contributed by atoms with Gasteiger partial charge in [0, 0.05) is 0 Å². The second kappa shape index (κ2) is 8.10. The first-order valence-corrected chi connectivity index (χ1v) is 7.23. The number of hydrogen-bond acceptors (Lipinski definition) is 3. The monoisotopic (exact) mass is 284 g/mol. The molecule has 2 aromatic rings. The molecule has 2 rings (SSSR count). The lowest BCUT2D eigenvalue weighted by molar-refractivity contribution is 0.0500. The third-order valence-electron chi connectivity index (χ3n) is 3.07. The summed E-state index contributed by atoms with van der Waals surface area (Å²) in [7, 11) is 0. The summed E-state index contributed by atoms with van der Waals surface area (Å²) in [6, 6.07) is 17.3. The molecule has 0 saturated carbocycles. The molecule has 110 valence electrons. The Hall–Kier alpha value is -2.29. The lowest BCUT2D eigenvalue weighted by Crippen LogP contribution is -2.07. The summed E-state index contributed by atoms with van der Waals surface area (Å²) in [6.07, 6.45) is 1.73. The zero-order valence-electron chi connectivity index (χ0n) is 12.2. The molecule has 3 nitrogen and oxygen atoms in total. The molecule has 0 aliphatic carbocycles. The number of hydrogen-bond donors (Lipinski definition) is 0. The van der Waals surface area contributed by atoms with Crippen molar-refractivity contribution in [2.75, 3.05) is 13.2 Å². The van der Waals surface area contributed by atoms with Crippen LogP contribution in [0.4, 0.5) is 0 Å². The minimum absolute atomic E-state index is 0.301. The van der Waals surface area contributed by atoms with Crippen molar-refractivity contribution in [3.8, 4) is 5.75 Å². The molecule has 0 spiro atoms. The number of aryl methyl sites for hydroxylation is 1. The summed E-state index contributed by atoms with van der Waals surface area (Å²) in [6.45, 7) is 2.91. The first-order chi connectivity index (χ1) is 10.3. The molecule has 0 fully saturated rings. The third kappa shape index (κ3) is 4.95. The van der Waals surface area contributed by atoms with E-state index in [1.165, 1.54) is 5.56 Å². The average Bonchev–Trinajstić information content (AvgIpc) is 2.53. The molecule has 0 atom stereocenters. The van der Waals surface area contributed by atoms with Crippen LogP contribution < -0.4 is 4.74 Å². The van der Waals surface area contributed by atoms with Crippen LogP contribution in [0.2, 0.25) is 0 Å². The Bertz CT molecular complexity index is 564. The third-order valence-corrected chi connectivity index (χ3v) is 3.07. The highest BCUT2D eigenvalue weighted by molar-refractivity contribution is 5.89. The van der Waals surface area contributed by atoms with Crippen LogP contribution in [0.15, 0.2) is 54.6 Å². The van der Waals surface area contributed by atoms with E-state index in [9.17, 15) is 4.79 Å². The Kier molecular flexibility index (Phi) is 5.83. The van der Waals surface area contributed by atoms with Crippen LogP contribution in [0.1, 0.15) is 29.3 Å². The van der Waals surface area contributed by atoms with Crippen molar-refractivity contribution in [1.82, 2.24) is 0 Å². The molecular weight excluding hydrogens is 264 g/mol. The molecule has 0 radical (unpaired) electrons. The van der Waals surface area contributed by atoms with Gasteiger partial charge < -0.3 is 9.47 Å². The van der Waals surface area contributed by atoms with E-state index in [1.54, 1.807) is 18.2 Å². The minimum Gasteiger partial charge on any atom is -0.494 e. The van der Waals surface area contributed by atoms with Gasteiger partial charge in [-0.25, -0.2) is 4.79 Å². The van der Waals surface area contributed by atoms with Crippen molar-refractivity contribution in [2.45, 2.75) is 19.8 Å². The van der Waals surface area contributed by atoms with Crippen molar-refractivity contribution in [3.63, 3.8) is 0 Å². The Morgan fingerprint density at radius 2 is 1.86 bits per heavy atom. The summed E-state index contributed by atoms with van der Waals surface area (Å²) >= 11 is 0. The number of ether oxygens (including phenoxy) is 2. The number of rotatable bonds is 7. The summed E-state index contributed by atoms with van der Waals surface area (Å²) < 4.78 is 10.7. The Labute approximate surface area is 125 Å². The van der Waals surface area contributed by atoms with Gasteiger partial charge in [-0.3, -0.25) is 0 Å². The molecule has 0 saturated heterocycles. The normalized spacial score (nSPS) is 10.1. The second-order valence-electron chi connectivity index (χ2n) is 4.69. The topological polar surface area (TPSA) is 35.5 Å². The molecule has 21 heavy (non-hydrogen) atoms. The van der Waals surface area contributed by atoms with Crippen molar-refractivity contribution in [3.05, 3.63) is 65.7 Å². The SMILES string of the molecule is CCOc1cccc(C(=O)OCCCc2ccccc2)c1. The molecule has 0 N–H and O–H groups in total. The van der Waals surface area contributed by atoms with Crippen molar-refractivity contribution >= 4 is 5.97 Å². The largest absolute Gasteiger partial charge is 0.494 e. The highest BCUT2D eigenvalue weighted by Crippen LogP contribution is 2.14. The van der Waals surface area contributed by atoms with E-state index in [0.29, 0.717) is 24.5 Å². The smallest absolute Gasteiger partial charge is 0.338 e. The van der Waals surface area contributed by atoms with Crippen LogP contribution in [0, 0.1) is 0 Å². The molecule has 0 unspecified atom stereocenters.